The van der Waals surface area contributed by atoms with E-state index in [2.05, 4.69) is 10.3 Å². The lowest BCUT2D eigenvalue weighted by atomic mass is 10.2. The zero-order valence-corrected chi connectivity index (χ0v) is 11.6. The minimum Gasteiger partial charge on any atom is -0.440 e. The summed E-state index contributed by atoms with van der Waals surface area (Å²) in [5.74, 6) is 0.999. The molecule has 2 aromatic heterocycles. The number of nitrogens with one attached hydrogen (secondary N) is 1. The lowest BCUT2D eigenvalue weighted by Gasteiger charge is -2.10. The Morgan fingerprint density at radius 1 is 1.47 bits per heavy atom. The summed E-state index contributed by atoms with van der Waals surface area (Å²) in [6.07, 6.45) is 4.53. The van der Waals surface area contributed by atoms with Crippen LogP contribution in [0.5, 0.6) is 0 Å². The van der Waals surface area contributed by atoms with Crippen LogP contribution in [0, 0.1) is 6.92 Å². The number of carbonyl (C=O) groups excluding carboxylic acids is 1. The molecule has 0 saturated heterocycles. The van der Waals surface area contributed by atoms with Crippen LogP contribution in [0.25, 0.3) is 10.8 Å². The molecule has 3 rings (SSSR count). The molecule has 0 radical (unpaired) electrons. The number of nitrogens with zero attached hydrogens (tertiary/aromatic N) is 1. The van der Waals surface area contributed by atoms with Crippen LogP contribution in [-0.2, 0) is 0 Å². The first-order valence-electron chi connectivity index (χ1n) is 6.56. The van der Waals surface area contributed by atoms with Crippen LogP contribution in [-0.4, -0.2) is 16.9 Å². The summed E-state index contributed by atoms with van der Waals surface area (Å²) in [5.41, 5.74) is 0.412. The number of aryl methyl sites for hydroxylation is 1. The second-order valence-electron chi connectivity index (χ2n) is 4.86. The molecule has 0 unspecified atom stereocenters. The normalized spacial score (nSPS) is 15.8. The van der Waals surface area contributed by atoms with E-state index in [1.807, 2.05) is 17.5 Å². The van der Waals surface area contributed by atoms with E-state index in [4.69, 9.17) is 4.42 Å². The molecule has 0 aromatic carbocycles. The fourth-order valence-corrected chi connectivity index (χ4v) is 3.09. The molecule has 1 amide bonds. The van der Waals surface area contributed by atoms with Gasteiger partial charge >= 0.3 is 0 Å². The van der Waals surface area contributed by atoms with Gasteiger partial charge in [0.2, 0.25) is 5.89 Å². The van der Waals surface area contributed by atoms with Gasteiger partial charge < -0.3 is 9.73 Å². The first-order valence-corrected chi connectivity index (χ1v) is 7.44. The number of amides is 1. The van der Waals surface area contributed by atoms with Crippen molar-refractivity contribution in [3.63, 3.8) is 0 Å². The molecule has 2 aromatic rings. The molecule has 1 aliphatic rings. The van der Waals surface area contributed by atoms with Crippen LogP contribution in [0.4, 0.5) is 0 Å². The first kappa shape index (κ1) is 12.4. The molecule has 1 saturated carbocycles. The van der Waals surface area contributed by atoms with Gasteiger partial charge in [-0.15, -0.1) is 11.3 Å². The molecule has 1 aliphatic carbocycles. The third kappa shape index (κ3) is 2.56. The van der Waals surface area contributed by atoms with Crippen LogP contribution in [0.1, 0.15) is 41.9 Å². The van der Waals surface area contributed by atoms with Gasteiger partial charge in [0, 0.05) is 6.04 Å². The van der Waals surface area contributed by atoms with Gasteiger partial charge in [-0.25, -0.2) is 4.98 Å². The largest absolute Gasteiger partial charge is 0.440 e. The summed E-state index contributed by atoms with van der Waals surface area (Å²) in [6.45, 7) is 1.79. The summed E-state index contributed by atoms with van der Waals surface area (Å²) in [5, 5.41) is 5.00. The molecule has 1 N–H and O–H groups in total. The summed E-state index contributed by atoms with van der Waals surface area (Å²) < 4.78 is 5.58. The highest BCUT2D eigenvalue weighted by molar-refractivity contribution is 7.13. The maximum Gasteiger partial charge on any atom is 0.273 e. The van der Waals surface area contributed by atoms with Gasteiger partial charge in [-0.3, -0.25) is 4.79 Å². The van der Waals surface area contributed by atoms with Crippen LogP contribution >= 0.6 is 11.3 Å². The van der Waals surface area contributed by atoms with E-state index >= 15 is 0 Å². The highest BCUT2D eigenvalue weighted by Crippen LogP contribution is 2.26. The number of carbonyl (C=O) groups is 1. The Morgan fingerprint density at radius 3 is 2.95 bits per heavy atom. The number of oxazole rings is 1. The van der Waals surface area contributed by atoms with E-state index in [1.165, 1.54) is 12.8 Å². The standard InChI is InChI=1S/C14H16N2O2S/c1-9-12(13(17)15-10-5-2-3-6-10)16-14(18-9)11-7-4-8-19-11/h4,7-8,10H,2-3,5-6H2,1H3,(H,15,17). The second-order valence-corrected chi connectivity index (χ2v) is 5.80. The number of hydrogen-bond donors (Lipinski definition) is 1. The predicted molar refractivity (Wildman–Crippen MR) is 74.3 cm³/mol. The fourth-order valence-electron chi connectivity index (χ4n) is 2.44. The lowest BCUT2D eigenvalue weighted by Crippen LogP contribution is -2.33. The highest BCUT2D eigenvalue weighted by atomic mass is 32.1. The number of rotatable bonds is 3. The molecular formula is C14H16N2O2S. The average molecular weight is 276 g/mol. The molecule has 4 nitrogen and oxygen atoms in total. The first-order chi connectivity index (χ1) is 9.24. The molecule has 19 heavy (non-hydrogen) atoms. The van der Waals surface area contributed by atoms with Crippen molar-refractivity contribution in [2.75, 3.05) is 0 Å². The SMILES string of the molecule is Cc1oc(-c2cccs2)nc1C(=O)NC1CCCC1. The van der Waals surface area contributed by atoms with Gasteiger partial charge in [-0.1, -0.05) is 18.9 Å². The molecule has 0 spiro atoms. The Bertz CT molecular complexity index is 568. The molecule has 0 atom stereocenters. The predicted octanol–water partition coefficient (Wildman–Crippen LogP) is 3.38. The van der Waals surface area contributed by atoms with Crippen molar-refractivity contribution < 1.29 is 9.21 Å². The smallest absolute Gasteiger partial charge is 0.273 e. The number of thiophene rings is 1. The van der Waals surface area contributed by atoms with Crippen LogP contribution < -0.4 is 5.32 Å². The van der Waals surface area contributed by atoms with Gasteiger partial charge in [-0.05, 0) is 31.2 Å². The van der Waals surface area contributed by atoms with Crippen molar-refractivity contribution in [3.8, 4) is 10.8 Å². The third-order valence-electron chi connectivity index (χ3n) is 3.43. The highest BCUT2D eigenvalue weighted by Gasteiger charge is 2.22. The van der Waals surface area contributed by atoms with Gasteiger partial charge in [0.15, 0.2) is 5.69 Å². The van der Waals surface area contributed by atoms with Crippen LogP contribution in [0.3, 0.4) is 0 Å². The average Bonchev–Trinajstić information content (AvgIpc) is 3.07. The topological polar surface area (TPSA) is 55.1 Å². The van der Waals surface area contributed by atoms with Gasteiger partial charge in [0.25, 0.3) is 5.91 Å². The number of aromatic nitrogens is 1. The quantitative estimate of drug-likeness (QED) is 0.935. The molecule has 1 fully saturated rings. The van der Waals surface area contributed by atoms with Crippen molar-refractivity contribution in [1.82, 2.24) is 10.3 Å². The summed E-state index contributed by atoms with van der Waals surface area (Å²) in [6, 6.07) is 4.18. The van der Waals surface area contributed by atoms with E-state index in [9.17, 15) is 4.79 Å². The Balaban J connectivity index is 1.78. The van der Waals surface area contributed by atoms with E-state index in [0.29, 0.717) is 23.4 Å². The monoisotopic (exact) mass is 276 g/mol. The third-order valence-corrected chi connectivity index (χ3v) is 4.29. The minimum atomic E-state index is -0.115. The molecule has 0 bridgehead atoms. The van der Waals surface area contributed by atoms with Crippen LogP contribution in [0.15, 0.2) is 21.9 Å². The zero-order chi connectivity index (χ0) is 13.2. The number of hydrogen-bond acceptors (Lipinski definition) is 4. The summed E-state index contributed by atoms with van der Waals surface area (Å²) in [7, 11) is 0. The van der Waals surface area contributed by atoms with E-state index in [-0.39, 0.29) is 5.91 Å². The van der Waals surface area contributed by atoms with E-state index in [1.54, 1.807) is 18.3 Å². The summed E-state index contributed by atoms with van der Waals surface area (Å²) >= 11 is 1.55. The summed E-state index contributed by atoms with van der Waals surface area (Å²) in [4.78, 5) is 17.4. The van der Waals surface area contributed by atoms with Gasteiger partial charge in [0.05, 0.1) is 4.88 Å². The Labute approximate surface area is 115 Å². The van der Waals surface area contributed by atoms with Crippen molar-refractivity contribution in [3.05, 3.63) is 29.0 Å². The zero-order valence-electron chi connectivity index (χ0n) is 10.8. The van der Waals surface area contributed by atoms with E-state index in [0.717, 1.165) is 17.7 Å². The molecule has 5 heteroatoms. The van der Waals surface area contributed by atoms with Crippen molar-refractivity contribution in [1.29, 1.82) is 0 Å². The minimum absolute atomic E-state index is 0.115. The molecule has 100 valence electrons. The van der Waals surface area contributed by atoms with Crippen molar-refractivity contribution in [2.24, 2.45) is 0 Å². The Hall–Kier alpha value is -1.62. The Kier molecular flexibility index (Phi) is 3.38. The Morgan fingerprint density at radius 2 is 2.26 bits per heavy atom. The molecule has 0 aliphatic heterocycles. The van der Waals surface area contributed by atoms with Crippen molar-refractivity contribution in [2.45, 2.75) is 38.6 Å². The maximum absolute atomic E-state index is 12.2. The fraction of sp³-hybridized carbons (Fsp3) is 0.429. The van der Waals surface area contributed by atoms with Crippen LogP contribution in [0.2, 0.25) is 0 Å². The van der Waals surface area contributed by atoms with E-state index < -0.39 is 0 Å². The molecular weight excluding hydrogens is 260 g/mol. The van der Waals surface area contributed by atoms with Crippen molar-refractivity contribution >= 4 is 17.2 Å². The molecule has 2 heterocycles. The second kappa shape index (κ2) is 5.17. The maximum atomic E-state index is 12.2. The lowest BCUT2D eigenvalue weighted by molar-refractivity contribution is 0.0932. The van der Waals surface area contributed by atoms with Gasteiger partial charge in [-0.2, -0.15) is 0 Å². The van der Waals surface area contributed by atoms with Gasteiger partial charge in [0.1, 0.15) is 5.76 Å².